The van der Waals surface area contributed by atoms with E-state index in [0.29, 0.717) is 41.4 Å². The normalized spacial score (nSPS) is 12.7. The topological polar surface area (TPSA) is 91.2 Å². The van der Waals surface area contributed by atoms with Gasteiger partial charge in [-0.25, -0.2) is 0 Å². The SMILES string of the molecule is Cc1ccc(-n2c(SCC(=O)Nc3ccc4c(c3)OCCCO4)nnc2-c2ccncc2)cc1C. The van der Waals surface area contributed by atoms with Gasteiger partial charge in [-0.15, -0.1) is 10.2 Å². The molecule has 9 heteroatoms. The highest BCUT2D eigenvalue weighted by molar-refractivity contribution is 7.99. The number of thioether (sulfide) groups is 1. The van der Waals surface area contributed by atoms with Crippen molar-refractivity contribution in [3.05, 3.63) is 72.1 Å². The summed E-state index contributed by atoms with van der Waals surface area (Å²) in [5, 5.41) is 12.4. The summed E-state index contributed by atoms with van der Waals surface area (Å²) in [6.45, 7) is 5.37. The monoisotopic (exact) mass is 487 g/mol. The van der Waals surface area contributed by atoms with E-state index in [4.69, 9.17) is 9.47 Å². The molecule has 2 aromatic heterocycles. The third-order valence-corrected chi connectivity index (χ3v) is 6.61. The minimum absolute atomic E-state index is 0.149. The van der Waals surface area contributed by atoms with E-state index in [-0.39, 0.29) is 11.7 Å². The molecule has 0 unspecified atom stereocenters. The molecule has 5 rings (SSSR count). The van der Waals surface area contributed by atoms with Crippen molar-refractivity contribution < 1.29 is 14.3 Å². The number of amides is 1. The Morgan fingerprint density at radius 2 is 1.77 bits per heavy atom. The van der Waals surface area contributed by atoms with Crippen LogP contribution in [0.1, 0.15) is 17.5 Å². The Bertz CT molecular complexity index is 1360. The van der Waals surface area contributed by atoms with Gasteiger partial charge in [-0.05, 0) is 61.4 Å². The molecule has 1 aliphatic rings. The number of benzene rings is 2. The number of hydrogen-bond donors (Lipinski definition) is 1. The molecule has 8 nitrogen and oxygen atoms in total. The van der Waals surface area contributed by atoms with Crippen molar-refractivity contribution in [2.45, 2.75) is 25.4 Å². The summed E-state index contributed by atoms with van der Waals surface area (Å²) in [7, 11) is 0. The van der Waals surface area contributed by atoms with Crippen molar-refractivity contribution in [2.75, 3.05) is 24.3 Å². The minimum atomic E-state index is -0.149. The molecule has 0 aliphatic carbocycles. The number of carbonyl (C=O) groups excluding carboxylic acids is 1. The highest BCUT2D eigenvalue weighted by Gasteiger charge is 2.18. The highest BCUT2D eigenvalue weighted by atomic mass is 32.2. The maximum atomic E-state index is 12.8. The zero-order valence-electron chi connectivity index (χ0n) is 19.5. The summed E-state index contributed by atoms with van der Waals surface area (Å²) in [4.78, 5) is 16.9. The van der Waals surface area contributed by atoms with Crippen LogP contribution in [0, 0.1) is 13.8 Å². The van der Waals surface area contributed by atoms with Gasteiger partial charge in [-0.2, -0.15) is 0 Å². The first kappa shape index (κ1) is 22.9. The lowest BCUT2D eigenvalue weighted by molar-refractivity contribution is -0.113. The Hall–Kier alpha value is -3.85. The Labute approximate surface area is 207 Å². The third-order valence-electron chi connectivity index (χ3n) is 5.68. The van der Waals surface area contributed by atoms with Crippen LogP contribution in [0.15, 0.2) is 66.1 Å². The molecule has 0 fully saturated rings. The number of nitrogens with one attached hydrogen (secondary N) is 1. The molecule has 0 atom stereocenters. The van der Waals surface area contributed by atoms with Crippen molar-refractivity contribution in [3.63, 3.8) is 0 Å². The van der Waals surface area contributed by atoms with Crippen molar-refractivity contribution in [2.24, 2.45) is 0 Å². The number of aromatic nitrogens is 4. The number of rotatable bonds is 6. The van der Waals surface area contributed by atoms with Gasteiger partial charge in [-0.1, -0.05) is 17.8 Å². The van der Waals surface area contributed by atoms with Crippen LogP contribution in [0.4, 0.5) is 5.69 Å². The van der Waals surface area contributed by atoms with E-state index in [9.17, 15) is 4.79 Å². The number of pyridine rings is 1. The number of fused-ring (bicyclic) bond motifs is 1. The zero-order valence-corrected chi connectivity index (χ0v) is 20.3. The number of carbonyl (C=O) groups is 1. The van der Waals surface area contributed by atoms with Crippen molar-refractivity contribution in [1.29, 1.82) is 0 Å². The summed E-state index contributed by atoms with van der Waals surface area (Å²) in [6, 6.07) is 15.4. The van der Waals surface area contributed by atoms with Crippen LogP contribution in [0.5, 0.6) is 11.5 Å². The molecule has 3 heterocycles. The highest BCUT2D eigenvalue weighted by Crippen LogP contribution is 2.33. The average Bonchev–Trinajstić information content (AvgIpc) is 3.15. The molecule has 0 bridgehead atoms. The van der Waals surface area contributed by atoms with Crippen LogP contribution in [-0.4, -0.2) is 44.6 Å². The molecule has 2 aromatic carbocycles. The Balaban J connectivity index is 1.36. The molecule has 1 amide bonds. The van der Waals surface area contributed by atoms with Crippen LogP contribution in [0.25, 0.3) is 17.1 Å². The standard InChI is InChI=1S/C26H25N5O3S/c1-17-4-6-21(14-18(17)2)31-25(19-8-10-27-11-9-19)29-30-26(31)35-16-24(32)28-20-5-7-22-23(15-20)34-13-3-12-33-22/h4-11,14-15H,3,12-13,16H2,1-2H3,(H,28,32). The Kier molecular flexibility index (Phi) is 6.67. The second kappa shape index (κ2) is 10.2. The summed E-state index contributed by atoms with van der Waals surface area (Å²) in [6.07, 6.45) is 4.28. The molecule has 35 heavy (non-hydrogen) atoms. The first-order valence-corrected chi connectivity index (χ1v) is 12.3. The van der Waals surface area contributed by atoms with E-state index in [2.05, 4.69) is 46.5 Å². The van der Waals surface area contributed by atoms with Gasteiger partial charge in [0.15, 0.2) is 22.5 Å². The van der Waals surface area contributed by atoms with Crippen LogP contribution in [-0.2, 0) is 4.79 Å². The van der Waals surface area contributed by atoms with E-state index in [1.807, 2.05) is 34.9 Å². The van der Waals surface area contributed by atoms with Gasteiger partial charge in [0.05, 0.1) is 24.7 Å². The van der Waals surface area contributed by atoms with Gasteiger partial charge in [-0.3, -0.25) is 14.3 Å². The lowest BCUT2D eigenvalue weighted by atomic mass is 10.1. The number of hydrogen-bond acceptors (Lipinski definition) is 7. The summed E-state index contributed by atoms with van der Waals surface area (Å²) >= 11 is 1.33. The fourth-order valence-corrected chi connectivity index (χ4v) is 4.47. The quantitative estimate of drug-likeness (QED) is 0.389. The molecule has 1 aliphatic heterocycles. The molecular weight excluding hydrogens is 462 g/mol. The molecule has 0 spiro atoms. The lowest BCUT2D eigenvalue weighted by Crippen LogP contribution is -2.14. The van der Waals surface area contributed by atoms with E-state index >= 15 is 0 Å². The van der Waals surface area contributed by atoms with E-state index < -0.39 is 0 Å². The van der Waals surface area contributed by atoms with Crippen LogP contribution in [0.2, 0.25) is 0 Å². The van der Waals surface area contributed by atoms with Gasteiger partial charge in [0, 0.05) is 36.1 Å². The Morgan fingerprint density at radius 3 is 2.57 bits per heavy atom. The average molecular weight is 488 g/mol. The molecule has 0 saturated carbocycles. The van der Waals surface area contributed by atoms with E-state index in [1.165, 1.54) is 22.9 Å². The smallest absolute Gasteiger partial charge is 0.234 e. The van der Waals surface area contributed by atoms with E-state index in [1.54, 1.807) is 18.5 Å². The van der Waals surface area contributed by atoms with Crippen molar-refractivity contribution in [1.82, 2.24) is 19.7 Å². The first-order valence-electron chi connectivity index (χ1n) is 11.3. The molecule has 4 aromatic rings. The second-order valence-electron chi connectivity index (χ2n) is 8.19. The molecular formula is C26H25N5O3S. The van der Waals surface area contributed by atoms with Crippen LogP contribution >= 0.6 is 11.8 Å². The fraction of sp³-hybridized carbons (Fsp3) is 0.231. The van der Waals surface area contributed by atoms with Crippen LogP contribution < -0.4 is 14.8 Å². The summed E-state index contributed by atoms with van der Waals surface area (Å²) in [5.41, 5.74) is 4.87. The summed E-state index contributed by atoms with van der Waals surface area (Å²) in [5.74, 6) is 2.06. The maximum Gasteiger partial charge on any atom is 0.234 e. The number of ether oxygens (including phenoxy) is 2. The number of anilines is 1. The maximum absolute atomic E-state index is 12.8. The zero-order chi connectivity index (χ0) is 24.2. The predicted octanol–water partition coefficient (Wildman–Crippen LogP) is 4.84. The predicted molar refractivity (Wildman–Crippen MR) is 135 cm³/mol. The lowest BCUT2D eigenvalue weighted by Gasteiger charge is -2.13. The van der Waals surface area contributed by atoms with Gasteiger partial charge >= 0.3 is 0 Å². The van der Waals surface area contributed by atoms with Gasteiger partial charge in [0.25, 0.3) is 0 Å². The summed E-state index contributed by atoms with van der Waals surface area (Å²) < 4.78 is 13.4. The molecule has 0 saturated heterocycles. The molecule has 1 N–H and O–H groups in total. The van der Waals surface area contributed by atoms with Crippen molar-refractivity contribution in [3.8, 4) is 28.6 Å². The van der Waals surface area contributed by atoms with Crippen molar-refractivity contribution >= 4 is 23.4 Å². The van der Waals surface area contributed by atoms with Gasteiger partial charge in [0.1, 0.15) is 0 Å². The second-order valence-corrected chi connectivity index (χ2v) is 9.14. The van der Waals surface area contributed by atoms with Crippen LogP contribution in [0.3, 0.4) is 0 Å². The van der Waals surface area contributed by atoms with E-state index in [0.717, 1.165) is 17.7 Å². The minimum Gasteiger partial charge on any atom is -0.490 e. The Morgan fingerprint density at radius 1 is 0.971 bits per heavy atom. The first-order chi connectivity index (χ1) is 17.1. The van der Waals surface area contributed by atoms with Gasteiger partial charge in [0.2, 0.25) is 5.91 Å². The largest absolute Gasteiger partial charge is 0.490 e. The number of aryl methyl sites for hydroxylation is 2. The number of nitrogens with zero attached hydrogens (tertiary/aromatic N) is 4. The fourth-order valence-electron chi connectivity index (χ4n) is 3.72. The van der Waals surface area contributed by atoms with Gasteiger partial charge < -0.3 is 14.8 Å². The molecule has 178 valence electrons. The molecule has 0 radical (unpaired) electrons. The third kappa shape index (κ3) is 5.14.